The van der Waals surface area contributed by atoms with Gasteiger partial charge >= 0.3 is 12.2 Å². The second-order valence-electron chi connectivity index (χ2n) is 6.04. The summed E-state index contributed by atoms with van der Waals surface area (Å²) < 4.78 is 71.0. The van der Waals surface area contributed by atoms with E-state index < -0.39 is 27.8 Å². The molecule has 0 unspecified atom stereocenters. The van der Waals surface area contributed by atoms with E-state index in [1.807, 2.05) is 0 Å². The molecule has 0 atom stereocenters. The van der Waals surface area contributed by atoms with E-state index in [4.69, 9.17) is 4.52 Å². The SMILES string of the molecule is Cc1cc([N-]S(=O)(=O)c2ccc(NC(=O)Nc3cccc(C(F)(F)F)c3)cc2)no1. The minimum absolute atomic E-state index is 0.0526. The molecule has 8 nitrogen and oxygen atoms in total. The van der Waals surface area contributed by atoms with Gasteiger partial charge in [-0.05, 0) is 61.3 Å². The molecule has 0 fully saturated rings. The van der Waals surface area contributed by atoms with Crippen molar-refractivity contribution in [2.24, 2.45) is 0 Å². The van der Waals surface area contributed by atoms with Crippen LogP contribution in [0.4, 0.5) is 35.2 Å². The molecule has 2 aromatic carbocycles. The highest BCUT2D eigenvalue weighted by molar-refractivity contribution is 7.94. The molecular formula is C18H14F3N4O4S-. The Labute approximate surface area is 169 Å². The van der Waals surface area contributed by atoms with Crippen LogP contribution in [0.2, 0.25) is 0 Å². The number of carbonyl (C=O) groups excluding carboxylic acids is 1. The van der Waals surface area contributed by atoms with Crippen molar-refractivity contribution in [1.29, 1.82) is 0 Å². The molecule has 0 saturated carbocycles. The monoisotopic (exact) mass is 439 g/mol. The van der Waals surface area contributed by atoms with E-state index >= 15 is 0 Å². The Morgan fingerprint density at radius 1 is 1.03 bits per heavy atom. The Bertz CT molecular complexity index is 1160. The first-order valence-electron chi connectivity index (χ1n) is 8.30. The van der Waals surface area contributed by atoms with Crippen LogP contribution in [-0.2, 0) is 16.2 Å². The molecule has 1 heterocycles. The lowest BCUT2D eigenvalue weighted by Gasteiger charge is -2.13. The summed E-state index contributed by atoms with van der Waals surface area (Å²) in [6.07, 6.45) is -4.54. The van der Waals surface area contributed by atoms with Gasteiger partial charge in [0.2, 0.25) is 10.0 Å². The maximum atomic E-state index is 12.7. The number of nitrogens with zero attached hydrogens (tertiary/aromatic N) is 2. The first-order chi connectivity index (χ1) is 14.0. The average Bonchev–Trinajstić information content (AvgIpc) is 3.05. The molecule has 0 spiro atoms. The Morgan fingerprint density at radius 2 is 1.70 bits per heavy atom. The fourth-order valence-electron chi connectivity index (χ4n) is 2.35. The summed E-state index contributed by atoms with van der Waals surface area (Å²) >= 11 is 0. The molecule has 0 aliphatic heterocycles. The lowest BCUT2D eigenvalue weighted by molar-refractivity contribution is -0.137. The topological polar surface area (TPSA) is 115 Å². The minimum Gasteiger partial charge on any atom is -0.460 e. The number of amides is 2. The van der Waals surface area contributed by atoms with E-state index in [0.717, 1.165) is 18.2 Å². The number of aryl methyl sites for hydroxylation is 1. The van der Waals surface area contributed by atoms with Crippen LogP contribution in [0.25, 0.3) is 4.72 Å². The molecule has 1 aromatic heterocycles. The fourth-order valence-corrected chi connectivity index (χ4v) is 3.27. The first-order valence-corrected chi connectivity index (χ1v) is 9.74. The number of anilines is 2. The van der Waals surface area contributed by atoms with Crippen molar-refractivity contribution >= 4 is 33.2 Å². The Balaban J connectivity index is 1.65. The largest absolute Gasteiger partial charge is 0.460 e. The molecule has 0 bridgehead atoms. The average molecular weight is 439 g/mol. The summed E-state index contributed by atoms with van der Waals surface area (Å²) in [6, 6.07) is 9.74. The maximum Gasteiger partial charge on any atom is 0.416 e. The van der Waals surface area contributed by atoms with Crippen LogP contribution < -0.4 is 10.6 Å². The molecule has 12 heteroatoms. The summed E-state index contributed by atoms with van der Waals surface area (Å²) in [5.41, 5.74) is -0.736. The van der Waals surface area contributed by atoms with Gasteiger partial charge in [-0.3, -0.25) is 5.16 Å². The van der Waals surface area contributed by atoms with Gasteiger partial charge in [-0.2, -0.15) is 13.2 Å². The van der Waals surface area contributed by atoms with Crippen molar-refractivity contribution in [3.05, 3.63) is 70.6 Å². The number of carbonyl (C=O) groups is 1. The second kappa shape index (κ2) is 8.06. The number of aromatic nitrogens is 1. The molecule has 3 rings (SSSR count). The highest BCUT2D eigenvalue weighted by Gasteiger charge is 2.30. The van der Waals surface area contributed by atoms with Gasteiger partial charge in [0.25, 0.3) is 0 Å². The zero-order valence-electron chi connectivity index (χ0n) is 15.3. The van der Waals surface area contributed by atoms with Gasteiger partial charge in [-0.1, -0.05) is 6.07 Å². The number of rotatable bonds is 5. The number of halogens is 3. The highest BCUT2D eigenvalue weighted by Crippen LogP contribution is 2.31. The molecule has 30 heavy (non-hydrogen) atoms. The van der Waals surface area contributed by atoms with Crippen LogP contribution in [0.15, 0.2) is 64.0 Å². The van der Waals surface area contributed by atoms with Crippen LogP contribution in [0.1, 0.15) is 11.3 Å². The molecule has 2 amide bonds. The van der Waals surface area contributed by atoms with E-state index in [-0.39, 0.29) is 22.1 Å². The van der Waals surface area contributed by atoms with Crippen molar-refractivity contribution in [2.45, 2.75) is 18.0 Å². The molecule has 0 saturated heterocycles. The van der Waals surface area contributed by atoms with E-state index in [1.54, 1.807) is 6.92 Å². The summed E-state index contributed by atoms with van der Waals surface area (Å²) in [7, 11) is -4.04. The maximum absolute atomic E-state index is 12.7. The highest BCUT2D eigenvalue weighted by atomic mass is 32.2. The molecule has 0 aliphatic carbocycles. The normalized spacial score (nSPS) is 11.7. The van der Waals surface area contributed by atoms with Crippen molar-refractivity contribution in [3.63, 3.8) is 0 Å². The molecule has 2 N–H and O–H groups in total. The van der Waals surface area contributed by atoms with Gasteiger partial charge in [0.15, 0.2) is 0 Å². The van der Waals surface area contributed by atoms with Gasteiger partial charge in [0.05, 0.1) is 10.5 Å². The Kier molecular flexibility index (Phi) is 5.69. The van der Waals surface area contributed by atoms with Gasteiger partial charge in [-0.15, -0.1) is 0 Å². The molecule has 0 radical (unpaired) electrons. The van der Waals surface area contributed by atoms with Gasteiger partial charge < -0.3 is 19.9 Å². The zero-order valence-corrected chi connectivity index (χ0v) is 16.1. The Morgan fingerprint density at radius 3 is 2.30 bits per heavy atom. The number of alkyl halides is 3. The van der Waals surface area contributed by atoms with E-state index in [1.165, 1.54) is 36.4 Å². The quantitative estimate of drug-likeness (QED) is 0.578. The van der Waals surface area contributed by atoms with Crippen LogP contribution in [0, 0.1) is 6.92 Å². The van der Waals surface area contributed by atoms with Gasteiger partial charge in [-0.25, -0.2) is 13.2 Å². The first kappa shape index (κ1) is 21.2. The molecule has 0 aliphatic rings. The van der Waals surface area contributed by atoms with Crippen LogP contribution in [-0.4, -0.2) is 19.6 Å². The third-order valence-electron chi connectivity index (χ3n) is 3.69. The van der Waals surface area contributed by atoms with Crippen molar-refractivity contribution in [1.82, 2.24) is 5.16 Å². The van der Waals surface area contributed by atoms with E-state index in [2.05, 4.69) is 20.5 Å². The van der Waals surface area contributed by atoms with Gasteiger partial charge in [0.1, 0.15) is 5.76 Å². The summed E-state index contributed by atoms with van der Waals surface area (Å²) in [5.74, 6) is 0.297. The standard InChI is InChI=1S/C18H15F3N4O4S/c1-11-9-16(24-29-11)25-30(27,28)15-7-5-13(6-8-15)22-17(26)23-14-4-2-3-12(10-14)18(19,20)21/h2-10H,1H3,(H3,22,23,24,25,26)/p-1. The lowest BCUT2D eigenvalue weighted by atomic mass is 10.2. The van der Waals surface area contributed by atoms with Crippen molar-refractivity contribution in [2.75, 3.05) is 10.6 Å². The lowest BCUT2D eigenvalue weighted by Crippen LogP contribution is -2.19. The van der Waals surface area contributed by atoms with E-state index in [0.29, 0.717) is 5.76 Å². The third kappa shape index (κ3) is 5.29. The van der Waals surface area contributed by atoms with Crippen LogP contribution in [0.3, 0.4) is 0 Å². The smallest absolute Gasteiger partial charge is 0.416 e. The number of sulfonamides is 1. The fraction of sp³-hybridized carbons (Fsp3) is 0.111. The number of hydrogen-bond donors (Lipinski definition) is 2. The summed E-state index contributed by atoms with van der Waals surface area (Å²) in [5, 5.41) is 8.16. The number of benzene rings is 2. The molecule has 158 valence electrons. The van der Waals surface area contributed by atoms with Crippen LogP contribution in [0.5, 0.6) is 0 Å². The molecular weight excluding hydrogens is 425 g/mol. The molecule has 3 aromatic rings. The van der Waals surface area contributed by atoms with Gasteiger partial charge in [0, 0.05) is 11.4 Å². The predicted molar refractivity (Wildman–Crippen MR) is 102 cm³/mol. The minimum atomic E-state index is -4.54. The van der Waals surface area contributed by atoms with Crippen molar-refractivity contribution < 1.29 is 30.9 Å². The summed E-state index contributed by atoms with van der Waals surface area (Å²) in [6.45, 7) is 1.59. The van der Waals surface area contributed by atoms with Crippen molar-refractivity contribution in [3.8, 4) is 0 Å². The predicted octanol–water partition coefficient (Wildman–Crippen LogP) is 5.04. The van der Waals surface area contributed by atoms with E-state index in [9.17, 15) is 26.4 Å². The second-order valence-corrected chi connectivity index (χ2v) is 7.65. The Hall–Kier alpha value is -3.54. The zero-order chi connectivity index (χ0) is 21.9. The third-order valence-corrected chi connectivity index (χ3v) is 4.98. The number of urea groups is 1. The van der Waals surface area contributed by atoms with Crippen LogP contribution >= 0.6 is 0 Å². The summed E-state index contributed by atoms with van der Waals surface area (Å²) in [4.78, 5) is 11.9. The number of hydrogen-bond acceptors (Lipinski definition) is 5. The number of nitrogens with one attached hydrogen (secondary N) is 2.